The Morgan fingerprint density at radius 2 is 1.97 bits per heavy atom. The van der Waals surface area contributed by atoms with E-state index in [2.05, 4.69) is 27.3 Å². The van der Waals surface area contributed by atoms with Crippen molar-refractivity contribution in [1.82, 2.24) is 25.0 Å². The predicted molar refractivity (Wildman–Crippen MR) is 129 cm³/mol. The van der Waals surface area contributed by atoms with E-state index in [0.717, 1.165) is 69.6 Å². The van der Waals surface area contributed by atoms with Gasteiger partial charge >= 0.3 is 0 Å². The first-order valence-electron chi connectivity index (χ1n) is 10.4. The SMILES string of the molecule is CCNC(=NCc1nncn1-c1ccccc1)N1CCC(OCCCOC)CC1.I. The lowest BCUT2D eigenvalue weighted by Gasteiger charge is -2.34. The molecular weight excluding hydrogens is 495 g/mol. The van der Waals surface area contributed by atoms with E-state index in [-0.39, 0.29) is 24.0 Å². The minimum atomic E-state index is 0. The molecule has 0 bridgehead atoms. The van der Waals surface area contributed by atoms with E-state index in [9.17, 15) is 0 Å². The summed E-state index contributed by atoms with van der Waals surface area (Å²) in [5.74, 6) is 1.75. The lowest BCUT2D eigenvalue weighted by molar-refractivity contribution is 0.00990. The van der Waals surface area contributed by atoms with E-state index in [1.165, 1.54) is 0 Å². The van der Waals surface area contributed by atoms with Crippen molar-refractivity contribution in [3.8, 4) is 5.69 Å². The first kappa shape index (κ1) is 24.5. The minimum absolute atomic E-state index is 0. The van der Waals surface area contributed by atoms with Gasteiger partial charge in [-0.15, -0.1) is 34.2 Å². The fraction of sp³-hybridized carbons (Fsp3) is 0.571. The second kappa shape index (κ2) is 13.6. The van der Waals surface area contributed by atoms with Crippen LogP contribution >= 0.6 is 24.0 Å². The molecule has 1 fully saturated rings. The van der Waals surface area contributed by atoms with Crippen molar-refractivity contribution in [2.75, 3.05) is 40.0 Å². The summed E-state index contributed by atoms with van der Waals surface area (Å²) in [6.45, 7) is 6.79. The lowest BCUT2D eigenvalue weighted by atomic mass is 10.1. The molecule has 3 rings (SSSR count). The molecule has 0 unspecified atom stereocenters. The highest BCUT2D eigenvalue weighted by Gasteiger charge is 2.22. The fourth-order valence-electron chi connectivity index (χ4n) is 3.43. The molecule has 2 aromatic rings. The first-order valence-corrected chi connectivity index (χ1v) is 10.4. The number of halogens is 1. The predicted octanol–water partition coefficient (Wildman–Crippen LogP) is 2.87. The van der Waals surface area contributed by atoms with Gasteiger partial charge in [-0.25, -0.2) is 4.99 Å². The zero-order chi connectivity index (χ0) is 20.3. The summed E-state index contributed by atoms with van der Waals surface area (Å²) >= 11 is 0. The molecule has 1 saturated heterocycles. The van der Waals surface area contributed by atoms with Crippen molar-refractivity contribution >= 4 is 29.9 Å². The van der Waals surface area contributed by atoms with Crippen molar-refractivity contribution < 1.29 is 9.47 Å². The van der Waals surface area contributed by atoms with Gasteiger partial charge in [-0.3, -0.25) is 4.57 Å². The first-order chi connectivity index (χ1) is 14.3. The lowest BCUT2D eigenvalue weighted by Crippen LogP contribution is -2.47. The molecule has 2 heterocycles. The number of piperidine rings is 1. The molecule has 1 aromatic carbocycles. The number of aliphatic imine (C=N–C) groups is 1. The molecule has 0 spiro atoms. The van der Waals surface area contributed by atoms with Gasteiger partial charge in [0.2, 0.25) is 0 Å². The van der Waals surface area contributed by atoms with E-state index in [4.69, 9.17) is 14.5 Å². The largest absolute Gasteiger partial charge is 0.385 e. The third kappa shape index (κ3) is 7.21. The van der Waals surface area contributed by atoms with Crippen molar-refractivity contribution in [1.29, 1.82) is 0 Å². The topological polar surface area (TPSA) is 76.8 Å². The summed E-state index contributed by atoms with van der Waals surface area (Å²) in [5.41, 5.74) is 1.04. The Hall–Kier alpha value is -1.72. The van der Waals surface area contributed by atoms with Gasteiger partial charge in [-0.05, 0) is 38.3 Å². The van der Waals surface area contributed by atoms with Crippen LogP contribution in [0.4, 0.5) is 0 Å². The Balaban J connectivity index is 0.00000320. The Labute approximate surface area is 196 Å². The van der Waals surface area contributed by atoms with Gasteiger partial charge in [0.1, 0.15) is 12.9 Å². The van der Waals surface area contributed by atoms with Crippen LogP contribution in [0.2, 0.25) is 0 Å². The van der Waals surface area contributed by atoms with Crippen molar-refractivity contribution in [3.05, 3.63) is 42.5 Å². The number of rotatable bonds is 9. The van der Waals surface area contributed by atoms with E-state index in [0.29, 0.717) is 12.6 Å². The summed E-state index contributed by atoms with van der Waals surface area (Å²) in [6.07, 6.45) is 5.03. The van der Waals surface area contributed by atoms with Crippen LogP contribution in [-0.4, -0.2) is 71.7 Å². The maximum absolute atomic E-state index is 5.97. The van der Waals surface area contributed by atoms with Crippen molar-refractivity contribution in [2.24, 2.45) is 4.99 Å². The maximum Gasteiger partial charge on any atom is 0.194 e. The number of aromatic nitrogens is 3. The highest BCUT2D eigenvalue weighted by Crippen LogP contribution is 2.15. The van der Waals surface area contributed by atoms with Crippen LogP contribution in [0, 0.1) is 0 Å². The molecule has 166 valence electrons. The van der Waals surface area contributed by atoms with Gasteiger partial charge in [-0.2, -0.15) is 0 Å². The van der Waals surface area contributed by atoms with Crippen LogP contribution in [0.5, 0.6) is 0 Å². The average molecular weight is 528 g/mol. The highest BCUT2D eigenvalue weighted by atomic mass is 127. The number of guanidine groups is 1. The molecular formula is C21H33IN6O2. The number of nitrogens with zero attached hydrogens (tertiary/aromatic N) is 5. The number of nitrogens with one attached hydrogen (secondary N) is 1. The molecule has 1 aliphatic heterocycles. The molecule has 1 aliphatic rings. The van der Waals surface area contributed by atoms with Gasteiger partial charge in [0.15, 0.2) is 11.8 Å². The fourth-order valence-corrected chi connectivity index (χ4v) is 3.43. The molecule has 8 nitrogen and oxygen atoms in total. The van der Waals surface area contributed by atoms with Gasteiger partial charge < -0.3 is 19.7 Å². The third-order valence-corrected chi connectivity index (χ3v) is 4.95. The van der Waals surface area contributed by atoms with Crippen LogP contribution < -0.4 is 5.32 Å². The zero-order valence-corrected chi connectivity index (χ0v) is 20.2. The molecule has 0 atom stereocenters. The van der Waals surface area contributed by atoms with Crippen molar-refractivity contribution in [2.45, 2.75) is 38.8 Å². The average Bonchev–Trinajstić information content (AvgIpc) is 3.24. The summed E-state index contributed by atoms with van der Waals surface area (Å²) < 4.78 is 13.0. The maximum atomic E-state index is 5.97. The van der Waals surface area contributed by atoms with E-state index >= 15 is 0 Å². The molecule has 0 amide bonds. The number of ether oxygens (including phenoxy) is 2. The van der Waals surface area contributed by atoms with E-state index in [1.54, 1.807) is 13.4 Å². The van der Waals surface area contributed by atoms with Crippen LogP contribution in [0.25, 0.3) is 5.69 Å². The summed E-state index contributed by atoms with van der Waals surface area (Å²) in [4.78, 5) is 7.14. The molecule has 9 heteroatoms. The molecule has 1 aromatic heterocycles. The highest BCUT2D eigenvalue weighted by molar-refractivity contribution is 14.0. The Morgan fingerprint density at radius 1 is 1.20 bits per heavy atom. The number of likely N-dealkylation sites (tertiary alicyclic amines) is 1. The summed E-state index contributed by atoms with van der Waals surface area (Å²) in [5, 5.41) is 11.7. The number of hydrogen-bond donors (Lipinski definition) is 1. The van der Waals surface area contributed by atoms with Crippen LogP contribution in [0.15, 0.2) is 41.7 Å². The van der Waals surface area contributed by atoms with Gasteiger partial charge in [0.25, 0.3) is 0 Å². The molecule has 1 N–H and O–H groups in total. The Kier molecular flexibility index (Phi) is 11.1. The summed E-state index contributed by atoms with van der Waals surface area (Å²) in [6, 6.07) is 10.1. The monoisotopic (exact) mass is 528 g/mol. The van der Waals surface area contributed by atoms with Gasteiger partial charge in [0, 0.05) is 45.6 Å². The van der Waals surface area contributed by atoms with Crippen molar-refractivity contribution in [3.63, 3.8) is 0 Å². The number of benzene rings is 1. The van der Waals surface area contributed by atoms with Crippen LogP contribution in [-0.2, 0) is 16.0 Å². The van der Waals surface area contributed by atoms with Gasteiger partial charge in [0.05, 0.1) is 6.10 Å². The van der Waals surface area contributed by atoms with E-state index in [1.807, 2.05) is 34.9 Å². The van der Waals surface area contributed by atoms with Crippen LogP contribution in [0.3, 0.4) is 0 Å². The van der Waals surface area contributed by atoms with Gasteiger partial charge in [-0.1, -0.05) is 18.2 Å². The quantitative estimate of drug-likeness (QED) is 0.234. The Bertz CT molecular complexity index is 747. The zero-order valence-electron chi connectivity index (χ0n) is 17.9. The summed E-state index contributed by atoms with van der Waals surface area (Å²) in [7, 11) is 1.72. The molecule has 0 aliphatic carbocycles. The molecule has 0 radical (unpaired) electrons. The standard InChI is InChI=1S/C21H32N6O2.HI/c1-3-22-21(26-12-10-19(11-13-26)29-15-7-14-28-2)23-16-20-25-24-17-27(20)18-8-5-4-6-9-18;/h4-6,8-9,17,19H,3,7,10-16H2,1-2H3,(H,22,23);1H. The smallest absolute Gasteiger partial charge is 0.194 e. The minimum Gasteiger partial charge on any atom is -0.385 e. The molecule has 30 heavy (non-hydrogen) atoms. The number of para-hydroxylation sites is 1. The number of hydrogen-bond acceptors (Lipinski definition) is 5. The number of methoxy groups -OCH3 is 1. The second-order valence-corrected chi connectivity index (χ2v) is 7.03. The van der Waals surface area contributed by atoms with Crippen LogP contribution in [0.1, 0.15) is 32.0 Å². The Morgan fingerprint density at radius 3 is 2.67 bits per heavy atom. The molecule has 0 saturated carbocycles. The second-order valence-electron chi connectivity index (χ2n) is 7.03. The normalized spacial score (nSPS) is 15.1. The van der Waals surface area contributed by atoms with E-state index < -0.39 is 0 Å². The third-order valence-electron chi connectivity index (χ3n) is 4.95.